The molecule has 4 rings (SSSR count). The van der Waals surface area contributed by atoms with E-state index in [4.69, 9.17) is 4.74 Å². The second-order valence-electron chi connectivity index (χ2n) is 8.54. The third-order valence-corrected chi connectivity index (χ3v) is 6.26. The van der Waals surface area contributed by atoms with E-state index in [9.17, 15) is 9.59 Å². The Morgan fingerprint density at radius 3 is 2.09 bits per heavy atom. The first-order valence-corrected chi connectivity index (χ1v) is 11.6. The van der Waals surface area contributed by atoms with Gasteiger partial charge in [0.15, 0.2) is 0 Å². The highest BCUT2D eigenvalue weighted by molar-refractivity contribution is 6.08. The highest BCUT2D eigenvalue weighted by Gasteiger charge is 2.50. The Hall–Kier alpha value is -3.54. The van der Waals surface area contributed by atoms with Crippen molar-refractivity contribution in [2.75, 3.05) is 19.7 Å². The van der Waals surface area contributed by atoms with Crippen LogP contribution in [0.3, 0.4) is 0 Å². The summed E-state index contributed by atoms with van der Waals surface area (Å²) in [6.45, 7) is 5.96. The Morgan fingerprint density at radius 1 is 0.882 bits per heavy atom. The van der Waals surface area contributed by atoms with Crippen molar-refractivity contribution >= 4 is 11.8 Å². The van der Waals surface area contributed by atoms with Crippen LogP contribution in [0.2, 0.25) is 0 Å². The maximum absolute atomic E-state index is 14.0. The van der Waals surface area contributed by atoms with E-state index in [1.54, 1.807) is 18.2 Å². The minimum absolute atomic E-state index is 0.165. The summed E-state index contributed by atoms with van der Waals surface area (Å²) >= 11 is 0. The number of hydrogen-bond donors (Lipinski definition) is 0. The number of benzene rings is 3. The predicted octanol–water partition coefficient (Wildman–Crippen LogP) is 4.70. The van der Waals surface area contributed by atoms with Gasteiger partial charge >= 0.3 is 0 Å². The monoisotopic (exact) mass is 454 g/mol. The number of hydrogen-bond acceptors (Lipinski definition) is 4. The summed E-state index contributed by atoms with van der Waals surface area (Å²) in [5, 5.41) is 0. The molecule has 0 aromatic heterocycles. The van der Waals surface area contributed by atoms with E-state index in [0.717, 1.165) is 11.1 Å². The average Bonchev–Trinajstić information content (AvgIpc) is 2.88. The zero-order valence-corrected chi connectivity index (χ0v) is 19.3. The van der Waals surface area contributed by atoms with Crippen molar-refractivity contribution < 1.29 is 14.3 Å². The van der Waals surface area contributed by atoms with Crippen molar-refractivity contribution in [2.45, 2.75) is 25.1 Å². The van der Waals surface area contributed by atoms with Crippen molar-refractivity contribution in [2.24, 2.45) is 0 Å². The van der Waals surface area contributed by atoms with Gasteiger partial charge in [0.05, 0.1) is 13.2 Å². The number of nitrogens with zero attached hydrogens (tertiary/aromatic N) is 2. The summed E-state index contributed by atoms with van der Waals surface area (Å²) in [6.07, 6.45) is 2.13. The van der Waals surface area contributed by atoms with Crippen molar-refractivity contribution in [1.29, 1.82) is 0 Å². The second-order valence-corrected chi connectivity index (χ2v) is 8.54. The van der Waals surface area contributed by atoms with Gasteiger partial charge in [0.2, 0.25) is 0 Å². The van der Waals surface area contributed by atoms with Gasteiger partial charge in [-0.25, -0.2) is 0 Å². The molecule has 0 N–H and O–H groups in total. The van der Waals surface area contributed by atoms with Gasteiger partial charge in [0.25, 0.3) is 11.8 Å². The molecular formula is C29H30N2O3. The lowest BCUT2D eigenvalue weighted by Crippen LogP contribution is -2.68. The highest BCUT2D eigenvalue weighted by atomic mass is 16.5. The maximum atomic E-state index is 14.0. The van der Waals surface area contributed by atoms with Crippen LogP contribution in [0.1, 0.15) is 27.9 Å². The number of carbonyl (C=O) groups is 2. The molecule has 0 spiro atoms. The Bertz CT molecular complexity index is 1100. The smallest absolute Gasteiger partial charge is 0.260 e. The van der Waals surface area contributed by atoms with Gasteiger partial charge in [0, 0.05) is 25.2 Å². The van der Waals surface area contributed by atoms with Crippen LogP contribution in [0.15, 0.2) is 104 Å². The molecule has 5 nitrogen and oxygen atoms in total. The number of carbonyl (C=O) groups excluding carboxylic acids is 2. The molecule has 1 fully saturated rings. The zero-order valence-electron chi connectivity index (χ0n) is 19.3. The van der Waals surface area contributed by atoms with Crippen LogP contribution < -0.4 is 0 Å². The van der Waals surface area contributed by atoms with Crippen molar-refractivity contribution in [3.8, 4) is 0 Å². The molecule has 1 aliphatic rings. The fraction of sp³-hybridized carbons (Fsp3) is 0.241. The van der Waals surface area contributed by atoms with Gasteiger partial charge in [-0.2, -0.15) is 0 Å². The van der Waals surface area contributed by atoms with E-state index < -0.39 is 5.54 Å². The molecule has 1 heterocycles. The Kier molecular flexibility index (Phi) is 7.68. The molecule has 0 aliphatic carbocycles. The van der Waals surface area contributed by atoms with E-state index in [2.05, 4.69) is 23.6 Å². The molecule has 1 saturated heterocycles. The molecule has 1 aliphatic heterocycles. The summed E-state index contributed by atoms with van der Waals surface area (Å²) < 4.78 is 6.14. The first-order chi connectivity index (χ1) is 16.6. The van der Waals surface area contributed by atoms with Crippen LogP contribution in [-0.2, 0) is 22.7 Å². The van der Waals surface area contributed by atoms with E-state index >= 15 is 0 Å². The first kappa shape index (κ1) is 23.6. The van der Waals surface area contributed by atoms with Gasteiger partial charge in [-0.3, -0.25) is 19.4 Å². The highest BCUT2D eigenvalue weighted by Crippen LogP contribution is 2.31. The fourth-order valence-corrected chi connectivity index (χ4v) is 4.47. The molecule has 1 atom stereocenters. The summed E-state index contributed by atoms with van der Waals surface area (Å²) in [7, 11) is 0. The van der Waals surface area contributed by atoms with Crippen molar-refractivity contribution in [1.82, 2.24) is 9.80 Å². The SMILES string of the molecule is C=CC[C@@]1(COCc2ccccc2)C(=O)N(C(=O)c2ccccc2)CCN1Cc1ccccc1. The summed E-state index contributed by atoms with van der Waals surface area (Å²) in [4.78, 5) is 30.8. The largest absolute Gasteiger partial charge is 0.374 e. The van der Waals surface area contributed by atoms with Gasteiger partial charge in [-0.05, 0) is 29.7 Å². The molecule has 174 valence electrons. The molecule has 0 unspecified atom stereocenters. The lowest BCUT2D eigenvalue weighted by molar-refractivity contribution is -0.154. The van der Waals surface area contributed by atoms with E-state index in [0.29, 0.717) is 38.2 Å². The Balaban J connectivity index is 1.63. The van der Waals surface area contributed by atoms with Crippen LogP contribution in [0.25, 0.3) is 0 Å². The molecule has 34 heavy (non-hydrogen) atoms. The zero-order chi connectivity index (χ0) is 23.8. The lowest BCUT2D eigenvalue weighted by Gasteiger charge is -2.48. The van der Waals surface area contributed by atoms with Crippen LogP contribution in [0.5, 0.6) is 0 Å². The number of amides is 2. The van der Waals surface area contributed by atoms with Crippen LogP contribution in [0.4, 0.5) is 0 Å². The third kappa shape index (κ3) is 5.16. The molecule has 0 saturated carbocycles. The van der Waals surface area contributed by atoms with Crippen LogP contribution in [-0.4, -0.2) is 46.8 Å². The van der Waals surface area contributed by atoms with Crippen LogP contribution >= 0.6 is 0 Å². The summed E-state index contributed by atoms with van der Waals surface area (Å²) in [6, 6.07) is 28.9. The number of piperazine rings is 1. The van der Waals surface area contributed by atoms with Gasteiger partial charge in [-0.1, -0.05) is 84.9 Å². The first-order valence-electron chi connectivity index (χ1n) is 11.6. The molecule has 0 bridgehead atoms. The van der Waals surface area contributed by atoms with Gasteiger partial charge < -0.3 is 4.74 Å². The van der Waals surface area contributed by atoms with Crippen molar-refractivity contribution in [3.63, 3.8) is 0 Å². The molecule has 0 radical (unpaired) electrons. The second kappa shape index (κ2) is 11.1. The number of imide groups is 1. The summed E-state index contributed by atoms with van der Waals surface area (Å²) in [5.74, 6) is -0.516. The normalized spacial score (nSPS) is 18.6. The number of rotatable bonds is 9. The standard InChI is InChI=1S/C29H30N2O3/c1-2-18-29(23-34-22-25-14-8-4-9-15-25)28(33)31(27(32)26-16-10-5-11-17-26)20-19-30(29)21-24-12-6-3-7-13-24/h2-17H,1,18-23H2/t29-/m1/s1. The van der Waals surface area contributed by atoms with E-state index in [1.807, 2.05) is 66.7 Å². The molecule has 3 aromatic rings. The quantitative estimate of drug-likeness (QED) is 0.347. The topological polar surface area (TPSA) is 49.9 Å². The molecule has 2 amide bonds. The minimum Gasteiger partial charge on any atom is -0.374 e. The molecule has 3 aromatic carbocycles. The van der Waals surface area contributed by atoms with Crippen LogP contribution in [0, 0.1) is 0 Å². The fourth-order valence-electron chi connectivity index (χ4n) is 4.47. The Labute approximate surface area is 201 Å². The average molecular weight is 455 g/mol. The number of ether oxygens (including phenoxy) is 1. The van der Waals surface area contributed by atoms with Gasteiger partial charge in [-0.15, -0.1) is 6.58 Å². The van der Waals surface area contributed by atoms with Gasteiger partial charge in [0.1, 0.15) is 5.54 Å². The molecule has 5 heteroatoms. The van der Waals surface area contributed by atoms with E-state index in [1.165, 1.54) is 4.90 Å². The van der Waals surface area contributed by atoms with Crippen molar-refractivity contribution in [3.05, 3.63) is 120 Å². The van der Waals surface area contributed by atoms with E-state index in [-0.39, 0.29) is 18.4 Å². The Morgan fingerprint density at radius 2 is 1.47 bits per heavy atom. The minimum atomic E-state index is -1.02. The maximum Gasteiger partial charge on any atom is 0.260 e. The molecular weight excluding hydrogens is 424 g/mol. The lowest BCUT2D eigenvalue weighted by atomic mass is 9.88. The predicted molar refractivity (Wildman–Crippen MR) is 133 cm³/mol. The third-order valence-electron chi connectivity index (χ3n) is 6.26. The summed E-state index contributed by atoms with van der Waals surface area (Å²) in [5.41, 5.74) is 1.63.